The van der Waals surface area contributed by atoms with E-state index in [9.17, 15) is 0 Å². The van der Waals surface area contributed by atoms with E-state index < -0.39 is 0 Å². The first-order chi connectivity index (χ1) is 3.43. The smallest absolute Gasteiger partial charge is 0 e. The second kappa shape index (κ2) is 10.8. The van der Waals surface area contributed by atoms with E-state index in [0.29, 0.717) is 0 Å². The first-order valence-corrected chi connectivity index (χ1v) is 2.69. The van der Waals surface area contributed by atoms with E-state index >= 15 is 0 Å². The van der Waals surface area contributed by atoms with Crippen LogP contribution in [0, 0.1) is 6.08 Å². The molecule has 0 heterocycles. The Morgan fingerprint density at radius 1 is 1.50 bits per heavy atom. The van der Waals surface area contributed by atoms with E-state index in [4.69, 9.17) is 0 Å². The van der Waals surface area contributed by atoms with Crippen LogP contribution in [0.15, 0.2) is 17.7 Å². The minimum Gasteiger partial charge on any atom is -0.270 e. The van der Waals surface area contributed by atoms with Crippen LogP contribution < -0.4 is 0 Å². The third-order valence-corrected chi connectivity index (χ3v) is 1.15. The van der Waals surface area contributed by atoms with Crippen molar-refractivity contribution in [1.82, 2.24) is 0 Å². The third kappa shape index (κ3) is 6.52. The Morgan fingerprint density at radius 3 is 2.30 bits per heavy atom. The predicted molar refractivity (Wildman–Crippen MR) is 61.6 cm³/mol. The largest absolute Gasteiger partial charge is 0.270 e. The monoisotopic (exact) mass is 529 g/mol. The van der Waals surface area contributed by atoms with Crippen LogP contribution in [0.4, 0.5) is 0 Å². The van der Waals surface area contributed by atoms with Crippen molar-refractivity contribution in [2.24, 2.45) is 0 Å². The van der Waals surface area contributed by atoms with Crippen molar-refractivity contribution in [3.05, 3.63) is 23.8 Å². The predicted octanol–water partition coefficient (Wildman–Crippen LogP) is 3.32. The summed E-state index contributed by atoms with van der Waals surface area (Å²) in [6, 6.07) is 0. The Labute approximate surface area is 116 Å². The van der Waals surface area contributed by atoms with Crippen molar-refractivity contribution in [3.63, 3.8) is 0 Å². The van der Waals surface area contributed by atoms with Gasteiger partial charge in [0.05, 0.1) is 0 Å². The second-order valence-electron chi connectivity index (χ2n) is 1.66. The van der Waals surface area contributed by atoms with Crippen LogP contribution in [0.3, 0.4) is 0 Å². The van der Waals surface area contributed by atoms with Gasteiger partial charge >= 0.3 is 0 Å². The van der Waals surface area contributed by atoms with Crippen LogP contribution in [-0.4, -0.2) is 0 Å². The molecule has 3 heteroatoms. The summed E-state index contributed by atoms with van der Waals surface area (Å²) in [6.45, 7) is 2.15. The zero-order chi connectivity index (χ0) is 5.11. The van der Waals surface area contributed by atoms with Gasteiger partial charge in [-0.05, 0) is 0 Å². The molecule has 0 amide bonds. The van der Waals surface area contributed by atoms with Gasteiger partial charge in [0, 0.05) is 25.8 Å². The molecule has 0 aromatic rings. The van der Waals surface area contributed by atoms with Crippen LogP contribution >= 0.6 is 48.0 Å². The molecule has 0 nitrogen and oxygen atoms in total. The maximum Gasteiger partial charge on any atom is 0 e. The Hall–Kier alpha value is 1.81. The van der Waals surface area contributed by atoms with Gasteiger partial charge in [-0.15, -0.1) is 54.4 Å². The molecular formula is C7H11HfI2-. The molecule has 1 rings (SSSR count). The maximum atomic E-state index is 3.21. The fourth-order valence-corrected chi connectivity index (χ4v) is 0.693. The molecule has 0 bridgehead atoms. The quantitative estimate of drug-likeness (QED) is 0.279. The second-order valence-corrected chi connectivity index (χ2v) is 1.66. The first kappa shape index (κ1) is 17.8. The summed E-state index contributed by atoms with van der Waals surface area (Å²) in [5.74, 6) is 0. The maximum absolute atomic E-state index is 3.21. The summed E-state index contributed by atoms with van der Waals surface area (Å²) >= 11 is 0. The van der Waals surface area contributed by atoms with Gasteiger partial charge in [-0.25, -0.2) is 11.6 Å². The standard InChI is InChI=1S/C7H9.Hf.2HI/c1-2-7-5-3-4-6-7;;;/h3,5H,2,4H2,1H3;;2*1H/q-1;;;. The average Bonchev–Trinajstić information content (AvgIpc) is 2.14. The normalized spacial score (nSPS) is 12.3. The van der Waals surface area contributed by atoms with Crippen molar-refractivity contribution in [2.75, 3.05) is 0 Å². The van der Waals surface area contributed by atoms with Crippen LogP contribution in [0.1, 0.15) is 19.8 Å². The van der Waals surface area contributed by atoms with Gasteiger partial charge in [-0.2, -0.15) is 6.08 Å². The first-order valence-electron chi connectivity index (χ1n) is 2.69. The minimum atomic E-state index is 0. The van der Waals surface area contributed by atoms with Crippen molar-refractivity contribution in [1.29, 1.82) is 0 Å². The number of allylic oxidation sites excluding steroid dienone is 4. The summed E-state index contributed by atoms with van der Waals surface area (Å²) in [5.41, 5.74) is 1.36. The molecule has 1 aliphatic rings. The fraction of sp³-hybridized carbons (Fsp3) is 0.429. The average molecular weight is 527 g/mol. The molecule has 1 aliphatic carbocycles. The molecule has 0 atom stereocenters. The molecule has 0 aromatic heterocycles. The number of hydrogen-bond acceptors (Lipinski definition) is 0. The molecule has 0 radical (unpaired) electrons. The molecular weight excluding hydrogens is 516 g/mol. The van der Waals surface area contributed by atoms with E-state index in [1.165, 1.54) is 5.57 Å². The van der Waals surface area contributed by atoms with E-state index in [0.717, 1.165) is 12.8 Å². The summed E-state index contributed by atoms with van der Waals surface area (Å²) in [4.78, 5) is 0. The van der Waals surface area contributed by atoms with Crippen molar-refractivity contribution in [3.8, 4) is 0 Å². The Bertz CT molecular complexity index is 119. The van der Waals surface area contributed by atoms with Crippen molar-refractivity contribution in [2.45, 2.75) is 19.8 Å². The third-order valence-electron chi connectivity index (χ3n) is 1.15. The molecule has 0 N–H and O–H groups in total. The van der Waals surface area contributed by atoms with Gasteiger partial charge in [0.2, 0.25) is 0 Å². The topological polar surface area (TPSA) is 0 Å². The van der Waals surface area contributed by atoms with Gasteiger partial charge in [-0.3, -0.25) is 6.08 Å². The summed E-state index contributed by atoms with van der Waals surface area (Å²) in [7, 11) is 0. The zero-order valence-corrected chi connectivity index (χ0v) is 14.1. The Kier molecular flexibility index (Phi) is 19.2. The van der Waals surface area contributed by atoms with E-state index in [-0.39, 0.29) is 73.8 Å². The molecule has 10 heavy (non-hydrogen) atoms. The van der Waals surface area contributed by atoms with Gasteiger partial charge in [0.1, 0.15) is 0 Å². The van der Waals surface area contributed by atoms with Crippen LogP contribution in [-0.2, 0) is 25.8 Å². The summed E-state index contributed by atoms with van der Waals surface area (Å²) < 4.78 is 0. The fourth-order valence-electron chi connectivity index (χ4n) is 0.693. The Balaban J connectivity index is -0.000000163. The molecule has 0 unspecified atom stereocenters. The number of halogens is 2. The van der Waals surface area contributed by atoms with Crippen LogP contribution in [0.2, 0.25) is 0 Å². The molecule has 0 saturated heterocycles. The molecule has 58 valence electrons. The van der Waals surface area contributed by atoms with Crippen molar-refractivity contribution < 1.29 is 25.8 Å². The minimum absolute atomic E-state index is 0. The molecule has 0 saturated carbocycles. The van der Waals surface area contributed by atoms with Gasteiger partial charge < -0.3 is 0 Å². The summed E-state index contributed by atoms with van der Waals surface area (Å²) in [6.07, 6.45) is 9.65. The molecule has 0 aliphatic heterocycles. The number of rotatable bonds is 1. The van der Waals surface area contributed by atoms with E-state index in [2.05, 4.69) is 25.2 Å². The molecule has 0 fully saturated rings. The van der Waals surface area contributed by atoms with Gasteiger partial charge in [0.15, 0.2) is 0 Å². The van der Waals surface area contributed by atoms with Gasteiger partial charge in [-0.1, -0.05) is 13.3 Å². The van der Waals surface area contributed by atoms with Crippen LogP contribution in [0.25, 0.3) is 0 Å². The Morgan fingerprint density at radius 2 is 2.10 bits per heavy atom. The summed E-state index contributed by atoms with van der Waals surface area (Å²) in [5, 5.41) is 0. The molecule has 0 spiro atoms. The number of hydrogen-bond donors (Lipinski definition) is 0. The van der Waals surface area contributed by atoms with Gasteiger partial charge in [0.25, 0.3) is 0 Å². The molecule has 0 aromatic carbocycles. The van der Waals surface area contributed by atoms with E-state index in [1.807, 2.05) is 0 Å². The SMILES string of the molecule is CCC1=[C-]CC=C1.I.I.[Hf]. The zero-order valence-electron chi connectivity index (χ0n) is 5.89. The van der Waals surface area contributed by atoms with E-state index in [1.54, 1.807) is 0 Å². The van der Waals surface area contributed by atoms with Crippen LogP contribution in [0.5, 0.6) is 0 Å². The van der Waals surface area contributed by atoms with Crippen molar-refractivity contribution >= 4 is 48.0 Å².